The molecular formula is C21H19Cl2N3O2. The van der Waals surface area contributed by atoms with Crippen LogP contribution in [0.4, 0.5) is 5.82 Å². The summed E-state index contributed by atoms with van der Waals surface area (Å²) in [7, 11) is 0. The van der Waals surface area contributed by atoms with Crippen molar-refractivity contribution in [1.82, 2.24) is 9.78 Å². The van der Waals surface area contributed by atoms with Gasteiger partial charge in [-0.3, -0.25) is 9.59 Å². The molecule has 0 aliphatic rings. The predicted octanol–water partition coefficient (Wildman–Crippen LogP) is 5.11. The standard InChI is InChI=1S/C21H19Cl2N3O2/c1-12(2)21(28)24-20-18(16-9-4-5-10-17(16)23)19(27)13(3)25-26(20)15-8-6-7-14(22)11-15/h4-12H,1-3H3,(H,24,28). The minimum atomic E-state index is -0.301. The average Bonchev–Trinajstić information content (AvgIpc) is 2.65. The molecule has 0 bridgehead atoms. The van der Waals surface area contributed by atoms with Crippen LogP contribution in [0.1, 0.15) is 19.5 Å². The number of hydrogen-bond acceptors (Lipinski definition) is 3. The molecule has 0 aliphatic carbocycles. The van der Waals surface area contributed by atoms with Gasteiger partial charge in [0, 0.05) is 21.5 Å². The van der Waals surface area contributed by atoms with Crippen molar-refractivity contribution < 1.29 is 4.79 Å². The number of carbonyl (C=O) groups excluding carboxylic acids is 1. The van der Waals surface area contributed by atoms with Gasteiger partial charge in [0.25, 0.3) is 0 Å². The van der Waals surface area contributed by atoms with Gasteiger partial charge in [-0.25, -0.2) is 4.68 Å². The van der Waals surface area contributed by atoms with Gasteiger partial charge in [-0.1, -0.05) is 61.3 Å². The van der Waals surface area contributed by atoms with Crippen LogP contribution >= 0.6 is 23.2 Å². The van der Waals surface area contributed by atoms with Crippen LogP contribution in [0.15, 0.2) is 53.3 Å². The molecule has 3 aromatic rings. The fourth-order valence-electron chi connectivity index (χ4n) is 2.72. The normalized spacial score (nSPS) is 10.9. The van der Waals surface area contributed by atoms with Crippen molar-refractivity contribution in [2.45, 2.75) is 20.8 Å². The Labute approximate surface area is 172 Å². The number of hydrogen-bond donors (Lipinski definition) is 1. The second kappa shape index (κ2) is 8.17. The van der Waals surface area contributed by atoms with Gasteiger partial charge in [-0.2, -0.15) is 5.10 Å². The molecule has 1 N–H and O–H groups in total. The van der Waals surface area contributed by atoms with Crippen LogP contribution in [0.2, 0.25) is 10.0 Å². The van der Waals surface area contributed by atoms with Crippen molar-refractivity contribution in [2.75, 3.05) is 5.32 Å². The van der Waals surface area contributed by atoms with Crippen LogP contribution < -0.4 is 10.7 Å². The first-order valence-electron chi connectivity index (χ1n) is 8.75. The zero-order valence-corrected chi connectivity index (χ0v) is 17.2. The molecule has 0 unspecified atom stereocenters. The predicted molar refractivity (Wildman–Crippen MR) is 113 cm³/mol. The molecule has 0 saturated carbocycles. The summed E-state index contributed by atoms with van der Waals surface area (Å²) < 4.78 is 1.52. The van der Waals surface area contributed by atoms with Crippen molar-refractivity contribution in [2.24, 2.45) is 5.92 Å². The quantitative estimate of drug-likeness (QED) is 0.643. The van der Waals surface area contributed by atoms with Crippen molar-refractivity contribution in [3.63, 3.8) is 0 Å². The number of benzene rings is 2. The van der Waals surface area contributed by atoms with Crippen molar-refractivity contribution >= 4 is 34.9 Å². The highest BCUT2D eigenvalue weighted by atomic mass is 35.5. The molecule has 144 valence electrons. The van der Waals surface area contributed by atoms with Gasteiger partial charge in [0.15, 0.2) is 0 Å². The van der Waals surface area contributed by atoms with E-state index in [1.54, 1.807) is 69.3 Å². The van der Waals surface area contributed by atoms with E-state index < -0.39 is 0 Å². The Morgan fingerprint density at radius 3 is 2.46 bits per heavy atom. The Morgan fingerprint density at radius 1 is 1.11 bits per heavy atom. The first kappa shape index (κ1) is 20.1. The van der Waals surface area contributed by atoms with Crippen LogP contribution in [-0.4, -0.2) is 15.7 Å². The number of nitrogens with one attached hydrogen (secondary N) is 1. The maximum Gasteiger partial charge on any atom is 0.228 e. The van der Waals surface area contributed by atoms with E-state index in [0.29, 0.717) is 21.3 Å². The van der Waals surface area contributed by atoms with E-state index in [0.717, 1.165) is 0 Å². The van der Waals surface area contributed by atoms with Gasteiger partial charge in [0.2, 0.25) is 11.3 Å². The summed E-state index contributed by atoms with van der Waals surface area (Å²) in [6.45, 7) is 5.17. The van der Waals surface area contributed by atoms with Gasteiger partial charge in [0.1, 0.15) is 11.5 Å². The minimum absolute atomic E-state index is 0.242. The van der Waals surface area contributed by atoms with Crippen LogP contribution in [0.5, 0.6) is 0 Å². The second-order valence-corrected chi connectivity index (χ2v) is 7.50. The molecule has 0 fully saturated rings. The maximum absolute atomic E-state index is 13.0. The molecule has 2 aromatic carbocycles. The van der Waals surface area contributed by atoms with E-state index in [1.165, 1.54) is 4.68 Å². The number of amides is 1. The minimum Gasteiger partial charge on any atom is -0.310 e. The molecular weight excluding hydrogens is 397 g/mol. The van der Waals surface area contributed by atoms with Gasteiger partial charge in [-0.05, 0) is 31.2 Å². The number of aromatic nitrogens is 2. The number of aryl methyl sites for hydroxylation is 1. The zero-order valence-electron chi connectivity index (χ0n) is 15.7. The zero-order chi connectivity index (χ0) is 20.4. The fourth-order valence-corrected chi connectivity index (χ4v) is 3.14. The maximum atomic E-state index is 13.0. The molecule has 1 amide bonds. The number of carbonyl (C=O) groups is 1. The third-order valence-corrected chi connectivity index (χ3v) is 4.78. The molecule has 1 heterocycles. The summed E-state index contributed by atoms with van der Waals surface area (Å²) in [6.07, 6.45) is 0. The summed E-state index contributed by atoms with van der Waals surface area (Å²) >= 11 is 12.5. The van der Waals surface area contributed by atoms with E-state index in [2.05, 4.69) is 10.4 Å². The third kappa shape index (κ3) is 3.96. The highest BCUT2D eigenvalue weighted by Gasteiger charge is 2.22. The largest absolute Gasteiger partial charge is 0.310 e. The third-order valence-electron chi connectivity index (χ3n) is 4.22. The second-order valence-electron chi connectivity index (χ2n) is 6.65. The Bertz CT molecular complexity index is 1110. The van der Waals surface area contributed by atoms with Gasteiger partial charge < -0.3 is 5.32 Å². The first-order chi connectivity index (χ1) is 13.3. The van der Waals surface area contributed by atoms with E-state index in [1.807, 2.05) is 0 Å². The van der Waals surface area contributed by atoms with E-state index >= 15 is 0 Å². The molecule has 7 heteroatoms. The Kier molecular flexibility index (Phi) is 5.87. The summed E-state index contributed by atoms with van der Waals surface area (Å²) in [6, 6.07) is 14.0. The number of halogens is 2. The molecule has 3 rings (SSSR count). The molecule has 0 atom stereocenters. The van der Waals surface area contributed by atoms with Crippen LogP contribution in [0, 0.1) is 12.8 Å². The Balaban J connectivity index is 2.39. The Morgan fingerprint density at radius 2 is 1.82 bits per heavy atom. The molecule has 28 heavy (non-hydrogen) atoms. The molecule has 0 aliphatic heterocycles. The monoisotopic (exact) mass is 415 g/mol. The molecule has 1 aromatic heterocycles. The van der Waals surface area contributed by atoms with E-state index in [4.69, 9.17) is 23.2 Å². The Hall–Kier alpha value is -2.63. The van der Waals surface area contributed by atoms with Gasteiger partial charge in [-0.15, -0.1) is 0 Å². The molecule has 0 spiro atoms. The average molecular weight is 416 g/mol. The summed E-state index contributed by atoms with van der Waals surface area (Å²) in [5, 5.41) is 8.17. The number of rotatable bonds is 4. The van der Waals surface area contributed by atoms with E-state index in [-0.39, 0.29) is 34.3 Å². The van der Waals surface area contributed by atoms with Crippen LogP contribution in [-0.2, 0) is 4.79 Å². The number of anilines is 1. The van der Waals surface area contributed by atoms with Gasteiger partial charge >= 0.3 is 0 Å². The SMILES string of the molecule is Cc1nn(-c2cccc(Cl)c2)c(NC(=O)C(C)C)c(-c2ccccc2Cl)c1=O. The number of nitrogens with zero attached hydrogens (tertiary/aromatic N) is 2. The highest BCUT2D eigenvalue weighted by Crippen LogP contribution is 2.32. The summed E-state index contributed by atoms with van der Waals surface area (Å²) in [4.78, 5) is 25.5. The van der Waals surface area contributed by atoms with Crippen molar-refractivity contribution in [3.05, 3.63) is 74.5 Å². The van der Waals surface area contributed by atoms with Crippen LogP contribution in [0.25, 0.3) is 16.8 Å². The smallest absolute Gasteiger partial charge is 0.228 e. The highest BCUT2D eigenvalue weighted by molar-refractivity contribution is 6.33. The van der Waals surface area contributed by atoms with Crippen molar-refractivity contribution in [3.8, 4) is 16.8 Å². The first-order valence-corrected chi connectivity index (χ1v) is 9.51. The van der Waals surface area contributed by atoms with Gasteiger partial charge in [0.05, 0.1) is 11.3 Å². The molecule has 5 nitrogen and oxygen atoms in total. The lowest BCUT2D eigenvalue weighted by Gasteiger charge is -2.19. The molecule has 0 radical (unpaired) electrons. The lowest BCUT2D eigenvalue weighted by atomic mass is 10.0. The fraction of sp³-hybridized carbons (Fsp3) is 0.190. The lowest BCUT2D eigenvalue weighted by molar-refractivity contribution is -0.118. The van der Waals surface area contributed by atoms with E-state index in [9.17, 15) is 9.59 Å². The van der Waals surface area contributed by atoms with Crippen LogP contribution in [0.3, 0.4) is 0 Å². The summed E-state index contributed by atoms with van der Waals surface area (Å²) in [5.41, 5.74) is 1.40. The summed E-state index contributed by atoms with van der Waals surface area (Å²) in [5.74, 6) is -0.276. The topological polar surface area (TPSA) is 64.0 Å². The molecule has 0 saturated heterocycles. The van der Waals surface area contributed by atoms with Crippen molar-refractivity contribution in [1.29, 1.82) is 0 Å². The lowest BCUT2D eigenvalue weighted by Crippen LogP contribution is -2.27.